The van der Waals surface area contributed by atoms with Crippen LogP contribution in [0.15, 0.2) is 0 Å². The molecule has 1 unspecified atom stereocenters. The fraction of sp³-hybridized carbons (Fsp3) is 0.889. The lowest BCUT2D eigenvalue weighted by Crippen LogP contribution is -2.55. The van der Waals surface area contributed by atoms with Gasteiger partial charge in [0.05, 0.1) is 12.6 Å². The van der Waals surface area contributed by atoms with E-state index in [2.05, 4.69) is 22.0 Å². The van der Waals surface area contributed by atoms with E-state index >= 15 is 0 Å². The number of likely N-dealkylation sites (tertiary alicyclic amines) is 1. The number of piperazine rings is 1. The van der Waals surface area contributed by atoms with E-state index in [0.29, 0.717) is 6.54 Å². The van der Waals surface area contributed by atoms with Crippen molar-refractivity contribution in [2.45, 2.75) is 52.0 Å². The maximum Gasteiger partial charge on any atom is 0.237 e. The second-order valence-corrected chi connectivity index (χ2v) is 7.07. The number of carbonyl (C=O) groups is 2. The molecule has 0 aromatic heterocycles. The molecule has 0 aliphatic carbocycles. The summed E-state index contributed by atoms with van der Waals surface area (Å²) < 4.78 is 0. The molecule has 6 heteroatoms. The number of nitrogens with one attached hydrogen (secondary N) is 1. The zero-order valence-corrected chi connectivity index (χ0v) is 15.4. The quantitative estimate of drug-likeness (QED) is 0.782. The highest BCUT2D eigenvalue weighted by molar-refractivity contribution is 5.81. The summed E-state index contributed by atoms with van der Waals surface area (Å²) in [5, 5.41) is 2.97. The zero-order chi connectivity index (χ0) is 17.4. The third kappa shape index (κ3) is 5.74. The minimum absolute atomic E-state index is 0.0833. The van der Waals surface area contributed by atoms with Crippen molar-refractivity contribution in [1.29, 1.82) is 0 Å². The van der Waals surface area contributed by atoms with Gasteiger partial charge in [-0.15, -0.1) is 0 Å². The van der Waals surface area contributed by atoms with Crippen LogP contribution >= 0.6 is 0 Å². The maximum atomic E-state index is 12.5. The lowest BCUT2D eigenvalue weighted by molar-refractivity contribution is -0.133. The van der Waals surface area contributed by atoms with Gasteiger partial charge in [0.25, 0.3) is 0 Å². The number of carbonyl (C=O) groups excluding carboxylic acids is 2. The SMILES string of the molecule is CCCNC(=O)C(C)N1CCN(CC(=O)N2CCCCCC2)CC1. The Morgan fingerprint density at radius 1 is 0.958 bits per heavy atom. The monoisotopic (exact) mass is 338 g/mol. The number of amides is 2. The molecule has 2 amide bonds. The average Bonchev–Trinajstić information content (AvgIpc) is 2.89. The summed E-state index contributed by atoms with van der Waals surface area (Å²) in [6.45, 7) is 10.6. The molecular formula is C18H34N4O2. The maximum absolute atomic E-state index is 12.5. The standard InChI is InChI=1S/C18H34N4O2/c1-3-8-19-18(24)16(2)21-13-11-20(12-14-21)15-17(23)22-9-6-4-5-7-10-22/h16H,3-15H2,1-2H3,(H,19,24). The molecule has 1 atom stereocenters. The van der Waals surface area contributed by atoms with Gasteiger partial charge < -0.3 is 10.2 Å². The van der Waals surface area contributed by atoms with Gasteiger partial charge in [0.15, 0.2) is 0 Å². The van der Waals surface area contributed by atoms with Gasteiger partial charge in [-0.3, -0.25) is 19.4 Å². The van der Waals surface area contributed by atoms with Crippen molar-refractivity contribution < 1.29 is 9.59 Å². The molecule has 2 heterocycles. The third-order valence-corrected chi connectivity index (χ3v) is 5.20. The van der Waals surface area contributed by atoms with Gasteiger partial charge >= 0.3 is 0 Å². The lowest BCUT2D eigenvalue weighted by atomic mass is 10.2. The molecule has 2 saturated heterocycles. The van der Waals surface area contributed by atoms with Crippen LogP contribution in [0.4, 0.5) is 0 Å². The van der Waals surface area contributed by atoms with Crippen molar-refractivity contribution in [3.8, 4) is 0 Å². The Morgan fingerprint density at radius 3 is 2.17 bits per heavy atom. The van der Waals surface area contributed by atoms with Crippen molar-refractivity contribution in [2.75, 3.05) is 52.4 Å². The van der Waals surface area contributed by atoms with Crippen molar-refractivity contribution in [2.24, 2.45) is 0 Å². The van der Waals surface area contributed by atoms with E-state index in [1.807, 2.05) is 11.8 Å². The zero-order valence-electron chi connectivity index (χ0n) is 15.4. The van der Waals surface area contributed by atoms with E-state index in [0.717, 1.165) is 65.1 Å². The largest absolute Gasteiger partial charge is 0.355 e. The van der Waals surface area contributed by atoms with Crippen molar-refractivity contribution in [3.63, 3.8) is 0 Å². The molecule has 6 nitrogen and oxygen atoms in total. The van der Waals surface area contributed by atoms with Crippen LogP contribution in [0, 0.1) is 0 Å². The molecule has 2 aliphatic heterocycles. The van der Waals surface area contributed by atoms with Crippen molar-refractivity contribution in [3.05, 3.63) is 0 Å². The van der Waals surface area contributed by atoms with Gasteiger partial charge in [0.1, 0.15) is 0 Å². The fourth-order valence-electron chi connectivity index (χ4n) is 3.48. The van der Waals surface area contributed by atoms with Gasteiger partial charge in [0.2, 0.25) is 11.8 Å². The van der Waals surface area contributed by atoms with Crippen molar-refractivity contribution >= 4 is 11.8 Å². The normalized spacial score (nSPS) is 22.0. The first-order chi connectivity index (χ1) is 11.6. The van der Waals surface area contributed by atoms with Gasteiger partial charge in [-0.2, -0.15) is 0 Å². The van der Waals surface area contributed by atoms with Crippen LogP contribution in [0.2, 0.25) is 0 Å². The summed E-state index contributed by atoms with van der Waals surface area (Å²) in [7, 11) is 0. The lowest BCUT2D eigenvalue weighted by Gasteiger charge is -2.37. The van der Waals surface area contributed by atoms with Crippen molar-refractivity contribution in [1.82, 2.24) is 20.0 Å². The van der Waals surface area contributed by atoms with Gasteiger partial charge in [0, 0.05) is 45.8 Å². The molecule has 24 heavy (non-hydrogen) atoms. The Morgan fingerprint density at radius 2 is 1.58 bits per heavy atom. The van der Waals surface area contributed by atoms with Crippen LogP contribution in [-0.4, -0.2) is 84.9 Å². The van der Waals surface area contributed by atoms with Crippen LogP contribution in [0.25, 0.3) is 0 Å². The average molecular weight is 338 g/mol. The molecule has 138 valence electrons. The number of rotatable bonds is 6. The van der Waals surface area contributed by atoms with Crippen LogP contribution in [-0.2, 0) is 9.59 Å². The van der Waals surface area contributed by atoms with E-state index in [1.54, 1.807) is 0 Å². The fourth-order valence-corrected chi connectivity index (χ4v) is 3.48. The summed E-state index contributed by atoms with van der Waals surface area (Å²) in [6, 6.07) is -0.0833. The summed E-state index contributed by atoms with van der Waals surface area (Å²) in [4.78, 5) is 31.0. The molecule has 2 rings (SSSR count). The summed E-state index contributed by atoms with van der Waals surface area (Å²) in [6.07, 6.45) is 5.75. The molecule has 2 aliphatic rings. The number of nitrogens with zero attached hydrogens (tertiary/aromatic N) is 3. The molecular weight excluding hydrogens is 304 g/mol. The van der Waals surface area contributed by atoms with E-state index < -0.39 is 0 Å². The predicted octanol–water partition coefficient (Wildman–Crippen LogP) is 0.921. The third-order valence-electron chi connectivity index (χ3n) is 5.20. The minimum atomic E-state index is -0.0833. The molecule has 0 bridgehead atoms. The molecule has 0 aromatic carbocycles. The minimum Gasteiger partial charge on any atom is -0.355 e. The predicted molar refractivity (Wildman–Crippen MR) is 95.8 cm³/mol. The highest BCUT2D eigenvalue weighted by Gasteiger charge is 2.27. The summed E-state index contributed by atoms with van der Waals surface area (Å²) >= 11 is 0. The first kappa shape index (κ1) is 19.2. The number of hydrogen-bond donors (Lipinski definition) is 1. The first-order valence-corrected chi connectivity index (χ1v) is 9.63. The van der Waals surface area contributed by atoms with Gasteiger partial charge in [-0.1, -0.05) is 19.8 Å². The Labute approximate surface area is 146 Å². The Bertz CT molecular complexity index is 400. The van der Waals surface area contributed by atoms with Crippen LogP contribution in [0.3, 0.4) is 0 Å². The van der Waals surface area contributed by atoms with E-state index in [4.69, 9.17) is 0 Å². The summed E-state index contributed by atoms with van der Waals surface area (Å²) in [5.74, 6) is 0.394. The second-order valence-electron chi connectivity index (χ2n) is 7.07. The van der Waals surface area contributed by atoms with E-state index in [9.17, 15) is 9.59 Å². The van der Waals surface area contributed by atoms with E-state index in [1.165, 1.54) is 12.8 Å². The Hall–Kier alpha value is -1.14. The second kappa shape index (κ2) is 9.99. The highest BCUT2D eigenvalue weighted by Crippen LogP contribution is 2.11. The van der Waals surface area contributed by atoms with Crippen LogP contribution < -0.4 is 5.32 Å². The van der Waals surface area contributed by atoms with Gasteiger partial charge in [-0.05, 0) is 26.2 Å². The Balaban J connectivity index is 1.71. The molecule has 1 N–H and O–H groups in total. The molecule has 0 aromatic rings. The topological polar surface area (TPSA) is 55.9 Å². The Kier molecular flexibility index (Phi) is 7.99. The molecule has 0 spiro atoms. The van der Waals surface area contributed by atoms with Gasteiger partial charge in [-0.25, -0.2) is 0 Å². The smallest absolute Gasteiger partial charge is 0.237 e. The molecule has 2 fully saturated rings. The summed E-state index contributed by atoms with van der Waals surface area (Å²) in [5.41, 5.74) is 0. The molecule has 0 radical (unpaired) electrons. The van der Waals surface area contributed by atoms with Crippen LogP contribution in [0.5, 0.6) is 0 Å². The first-order valence-electron chi connectivity index (χ1n) is 9.63. The van der Waals surface area contributed by atoms with E-state index in [-0.39, 0.29) is 17.9 Å². The van der Waals surface area contributed by atoms with Crippen LogP contribution in [0.1, 0.15) is 46.0 Å². The molecule has 0 saturated carbocycles. The number of hydrogen-bond acceptors (Lipinski definition) is 4. The highest BCUT2D eigenvalue weighted by atomic mass is 16.2.